The van der Waals surface area contributed by atoms with E-state index in [1.807, 2.05) is 41.5 Å². The van der Waals surface area contributed by atoms with Gasteiger partial charge in [-0.05, 0) is 47.6 Å². The Balaban J connectivity index is 0. The summed E-state index contributed by atoms with van der Waals surface area (Å²) < 4.78 is 5.63. The topological polar surface area (TPSA) is 55.5 Å². The van der Waals surface area contributed by atoms with Crippen LogP contribution in [0, 0.1) is 0 Å². The van der Waals surface area contributed by atoms with Crippen LogP contribution in [0.15, 0.2) is 35.5 Å². The molecule has 0 aliphatic carbocycles. The first kappa shape index (κ1) is 21.3. The number of rotatable bonds is 6. The standard InChI is InChI=1S/C14H25BNO2.C2H6/c1-8-11(9-12(16)10(2)3)15-18-14(6,7)13(4,5)17;1-2/h8-9,17H,1,16H2,2-7H3;1-2H3/b11-9+;. The second-order valence-corrected chi connectivity index (χ2v) is 5.61. The Morgan fingerprint density at radius 2 is 1.65 bits per heavy atom. The summed E-state index contributed by atoms with van der Waals surface area (Å²) >= 11 is 0. The van der Waals surface area contributed by atoms with Crippen LogP contribution in [0.2, 0.25) is 0 Å². The van der Waals surface area contributed by atoms with Gasteiger partial charge in [0.1, 0.15) is 0 Å². The highest BCUT2D eigenvalue weighted by Gasteiger charge is 2.35. The lowest BCUT2D eigenvalue weighted by atomic mass is 9.81. The smallest absolute Gasteiger partial charge is 0.330 e. The fraction of sp³-hybridized carbons (Fsp3) is 0.625. The second kappa shape index (κ2) is 9.04. The molecule has 0 aromatic rings. The van der Waals surface area contributed by atoms with Gasteiger partial charge in [-0.25, -0.2) is 0 Å². The highest BCUT2D eigenvalue weighted by atomic mass is 16.5. The van der Waals surface area contributed by atoms with Gasteiger partial charge in [0.05, 0.1) is 11.2 Å². The van der Waals surface area contributed by atoms with E-state index in [0.717, 1.165) is 11.0 Å². The molecule has 0 heterocycles. The molecule has 1 radical (unpaired) electrons. The zero-order chi connectivity index (χ0) is 16.6. The summed E-state index contributed by atoms with van der Waals surface area (Å²) in [6.45, 7) is 18.7. The predicted molar refractivity (Wildman–Crippen MR) is 89.4 cm³/mol. The van der Waals surface area contributed by atoms with Crippen LogP contribution in [0.5, 0.6) is 0 Å². The summed E-state index contributed by atoms with van der Waals surface area (Å²) in [6.07, 6.45) is 3.46. The quantitative estimate of drug-likeness (QED) is 0.578. The van der Waals surface area contributed by atoms with E-state index < -0.39 is 11.2 Å². The summed E-state index contributed by atoms with van der Waals surface area (Å²) in [4.78, 5) is 0. The summed E-state index contributed by atoms with van der Waals surface area (Å²) in [5, 5.41) is 9.98. The van der Waals surface area contributed by atoms with Crippen LogP contribution in [-0.2, 0) is 4.65 Å². The third kappa shape index (κ3) is 7.56. The molecule has 0 spiro atoms. The fourth-order valence-corrected chi connectivity index (χ4v) is 0.825. The second-order valence-electron chi connectivity index (χ2n) is 5.61. The van der Waals surface area contributed by atoms with Crippen LogP contribution in [-0.4, -0.2) is 23.8 Å². The molecule has 0 unspecified atom stereocenters. The highest BCUT2D eigenvalue weighted by molar-refractivity contribution is 6.39. The molecule has 0 aliphatic heterocycles. The summed E-state index contributed by atoms with van der Waals surface area (Å²) in [6, 6.07) is 0. The average molecular weight is 280 g/mol. The molecule has 0 bridgehead atoms. The lowest BCUT2D eigenvalue weighted by molar-refractivity contribution is -0.0896. The Bertz CT molecular complexity index is 359. The van der Waals surface area contributed by atoms with Crippen molar-refractivity contribution < 1.29 is 9.76 Å². The Morgan fingerprint density at radius 3 is 1.95 bits per heavy atom. The largest absolute Gasteiger partial charge is 0.427 e. The van der Waals surface area contributed by atoms with E-state index in [1.54, 1.807) is 33.5 Å². The van der Waals surface area contributed by atoms with Crippen LogP contribution in [0.4, 0.5) is 0 Å². The Kier molecular flexibility index (Phi) is 9.63. The van der Waals surface area contributed by atoms with E-state index in [-0.39, 0.29) is 0 Å². The normalized spacial score (nSPS) is 12.2. The first-order valence-corrected chi connectivity index (χ1v) is 7.02. The van der Waals surface area contributed by atoms with Crippen LogP contribution in [0.1, 0.15) is 55.4 Å². The number of nitrogens with two attached hydrogens (primary N) is 1. The SMILES string of the molecule is C=C/C([B]OC(C)(C)C(C)(C)O)=C\C(N)=C(C)C.CC. The monoisotopic (exact) mass is 280 g/mol. The molecule has 0 atom stereocenters. The van der Waals surface area contributed by atoms with Crippen molar-refractivity contribution in [1.29, 1.82) is 0 Å². The minimum Gasteiger partial charge on any atom is -0.427 e. The third-order valence-electron chi connectivity index (χ3n) is 3.10. The molecule has 20 heavy (non-hydrogen) atoms. The van der Waals surface area contributed by atoms with Gasteiger partial charge in [0.15, 0.2) is 0 Å². The molecule has 3 N–H and O–H groups in total. The molecule has 115 valence electrons. The summed E-state index contributed by atoms with van der Waals surface area (Å²) in [5.74, 6) is 0. The van der Waals surface area contributed by atoms with Gasteiger partial charge in [0.2, 0.25) is 0 Å². The van der Waals surface area contributed by atoms with Crippen molar-refractivity contribution in [2.75, 3.05) is 0 Å². The van der Waals surface area contributed by atoms with Crippen molar-refractivity contribution in [2.24, 2.45) is 5.73 Å². The first-order valence-electron chi connectivity index (χ1n) is 7.02. The van der Waals surface area contributed by atoms with Crippen molar-refractivity contribution in [3.8, 4) is 0 Å². The minimum atomic E-state index is -0.947. The van der Waals surface area contributed by atoms with Crippen LogP contribution in [0.25, 0.3) is 0 Å². The third-order valence-corrected chi connectivity index (χ3v) is 3.10. The molecular formula is C16H31BNO2. The average Bonchev–Trinajstić information content (AvgIpc) is 2.35. The Morgan fingerprint density at radius 1 is 1.20 bits per heavy atom. The van der Waals surface area contributed by atoms with Crippen molar-refractivity contribution >= 4 is 7.48 Å². The van der Waals surface area contributed by atoms with E-state index in [9.17, 15) is 5.11 Å². The van der Waals surface area contributed by atoms with Crippen LogP contribution in [0.3, 0.4) is 0 Å². The van der Waals surface area contributed by atoms with Gasteiger partial charge >= 0.3 is 7.48 Å². The molecule has 0 saturated heterocycles. The summed E-state index contributed by atoms with van der Waals surface area (Å²) in [7, 11) is 1.57. The van der Waals surface area contributed by atoms with Gasteiger partial charge in [-0.15, -0.1) is 0 Å². The fourth-order valence-electron chi connectivity index (χ4n) is 0.825. The summed E-state index contributed by atoms with van der Waals surface area (Å²) in [5.41, 5.74) is 6.69. The van der Waals surface area contributed by atoms with Crippen molar-refractivity contribution in [3.05, 3.63) is 35.5 Å². The highest BCUT2D eigenvalue weighted by Crippen LogP contribution is 2.25. The number of hydrogen-bond donors (Lipinski definition) is 2. The Labute approximate surface area is 125 Å². The first-order chi connectivity index (χ1) is 9.01. The van der Waals surface area contributed by atoms with Gasteiger partial charge < -0.3 is 15.5 Å². The van der Waals surface area contributed by atoms with Gasteiger partial charge in [0.25, 0.3) is 0 Å². The number of aliphatic hydroxyl groups is 1. The van der Waals surface area contributed by atoms with Gasteiger partial charge in [-0.1, -0.05) is 37.5 Å². The van der Waals surface area contributed by atoms with Crippen molar-refractivity contribution in [2.45, 2.75) is 66.6 Å². The van der Waals surface area contributed by atoms with Gasteiger partial charge in [0, 0.05) is 5.70 Å². The molecule has 0 aromatic carbocycles. The van der Waals surface area contributed by atoms with Crippen molar-refractivity contribution in [3.63, 3.8) is 0 Å². The molecule has 0 saturated carbocycles. The zero-order valence-corrected chi connectivity index (χ0v) is 14.4. The maximum Gasteiger partial charge on any atom is 0.330 e. The van der Waals surface area contributed by atoms with Crippen LogP contribution >= 0.6 is 0 Å². The zero-order valence-electron chi connectivity index (χ0n) is 14.4. The maximum atomic E-state index is 9.98. The maximum absolute atomic E-state index is 9.98. The molecule has 0 rings (SSSR count). The van der Waals surface area contributed by atoms with E-state index in [4.69, 9.17) is 10.4 Å². The molecule has 0 fully saturated rings. The van der Waals surface area contributed by atoms with E-state index in [2.05, 4.69) is 6.58 Å². The molecule has 4 heteroatoms. The van der Waals surface area contributed by atoms with Gasteiger partial charge in [-0.2, -0.15) is 0 Å². The lowest BCUT2D eigenvalue weighted by Gasteiger charge is -2.37. The lowest BCUT2D eigenvalue weighted by Crippen LogP contribution is -2.48. The van der Waals surface area contributed by atoms with E-state index in [1.165, 1.54) is 0 Å². The molecule has 3 nitrogen and oxygen atoms in total. The number of hydrogen-bond acceptors (Lipinski definition) is 3. The van der Waals surface area contributed by atoms with Gasteiger partial charge in [-0.3, -0.25) is 0 Å². The molecular weight excluding hydrogens is 249 g/mol. The number of allylic oxidation sites excluding steroid dienone is 4. The molecule has 0 amide bonds. The van der Waals surface area contributed by atoms with Crippen molar-refractivity contribution in [1.82, 2.24) is 0 Å². The molecule has 0 aromatic heterocycles. The van der Waals surface area contributed by atoms with E-state index in [0.29, 0.717) is 5.70 Å². The minimum absolute atomic E-state index is 0.686. The Hall–Kier alpha value is -0.995. The van der Waals surface area contributed by atoms with E-state index >= 15 is 0 Å². The van der Waals surface area contributed by atoms with Crippen LogP contribution < -0.4 is 5.73 Å². The molecule has 0 aliphatic rings. The predicted octanol–water partition coefficient (Wildman–Crippen LogP) is 3.52.